The number of nitrogens with one attached hydrogen (secondary N) is 1. The largest absolute Gasteiger partial charge is 0.478 e. The van der Waals surface area contributed by atoms with Crippen molar-refractivity contribution in [3.63, 3.8) is 0 Å². The van der Waals surface area contributed by atoms with Gasteiger partial charge in [-0.2, -0.15) is 0 Å². The fourth-order valence-corrected chi connectivity index (χ4v) is 4.17. The molecule has 158 valence electrons. The third-order valence-corrected chi connectivity index (χ3v) is 5.71. The fraction of sp³-hybridized carbons (Fsp3) is 0.409. The first-order valence-corrected chi connectivity index (χ1v) is 11.2. The van der Waals surface area contributed by atoms with E-state index < -0.39 is 16.0 Å². The molecule has 0 heterocycles. The fourth-order valence-electron chi connectivity index (χ4n) is 3.10. The summed E-state index contributed by atoms with van der Waals surface area (Å²) in [7, 11) is -3.86. The average molecular weight is 419 g/mol. The van der Waals surface area contributed by atoms with Gasteiger partial charge in [-0.15, -0.1) is 0 Å². The second-order valence-electron chi connectivity index (χ2n) is 8.15. The molecule has 0 aliphatic heterocycles. The number of carboxylic acid groups (broad SMARTS) is 1. The van der Waals surface area contributed by atoms with Crippen LogP contribution in [0.4, 0.5) is 11.4 Å². The van der Waals surface area contributed by atoms with Crippen LogP contribution < -0.4 is 9.62 Å². The molecule has 0 saturated heterocycles. The van der Waals surface area contributed by atoms with Crippen molar-refractivity contribution in [3.05, 3.63) is 53.6 Å². The zero-order valence-corrected chi connectivity index (χ0v) is 18.5. The summed E-state index contributed by atoms with van der Waals surface area (Å²) in [6.07, 6.45) is 0. The van der Waals surface area contributed by atoms with Crippen LogP contribution in [-0.4, -0.2) is 32.6 Å². The molecule has 2 rings (SSSR count). The second-order valence-corrected chi connectivity index (χ2v) is 9.83. The SMILES string of the molecule is Cc1ccc(S(=O)(=O)Nc2cc(C(=O)O)ccc2N(CC(C)C)CC(C)C)cc1. The molecule has 29 heavy (non-hydrogen) atoms. The highest BCUT2D eigenvalue weighted by Crippen LogP contribution is 2.31. The van der Waals surface area contributed by atoms with E-state index in [2.05, 4.69) is 37.3 Å². The first-order chi connectivity index (χ1) is 13.5. The van der Waals surface area contributed by atoms with Crippen molar-refractivity contribution in [1.82, 2.24) is 0 Å². The molecule has 0 atom stereocenters. The molecule has 0 spiro atoms. The van der Waals surface area contributed by atoms with Crippen molar-refractivity contribution < 1.29 is 18.3 Å². The zero-order valence-electron chi connectivity index (χ0n) is 17.6. The van der Waals surface area contributed by atoms with Gasteiger partial charge in [0.2, 0.25) is 0 Å². The number of sulfonamides is 1. The van der Waals surface area contributed by atoms with Gasteiger partial charge in [0, 0.05) is 13.1 Å². The van der Waals surface area contributed by atoms with Gasteiger partial charge in [-0.05, 0) is 49.1 Å². The first-order valence-electron chi connectivity index (χ1n) is 9.71. The summed E-state index contributed by atoms with van der Waals surface area (Å²) in [6.45, 7) is 11.7. The summed E-state index contributed by atoms with van der Waals surface area (Å²) in [5.41, 5.74) is 1.93. The molecule has 0 unspecified atom stereocenters. The topological polar surface area (TPSA) is 86.7 Å². The minimum atomic E-state index is -3.86. The monoisotopic (exact) mass is 418 g/mol. The Kier molecular flexibility index (Phi) is 7.30. The normalized spacial score (nSPS) is 11.7. The van der Waals surface area contributed by atoms with Crippen LogP contribution in [0.15, 0.2) is 47.4 Å². The molecule has 7 heteroatoms. The van der Waals surface area contributed by atoms with Gasteiger partial charge in [0.1, 0.15) is 0 Å². The summed E-state index contributed by atoms with van der Waals surface area (Å²) in [5.74, 6) is -0.393. The number of benzene rings is 2. The Morgan fingerprint density at radius 2 is 1.55 bits per heavy atom. The Labute approximate surface area is 173 Å². The number of aryl methyl sites for hydroxylation is 1. The highest BCUT2D eigenvalue weighted by atomic mass is 32.2. The minimum Gasteiger partial charge on any atom is -0.478 e. The molecule has 0 fully saturated rings. The Bertz CT molecular complexity index is 941. The van der Waals surface area contributed by atoms with E-state index in [1.807, 2.05) is 6.92 Å². The quantitative estimate of drug-likeness (QED) is 0.621. The van der Waals surface area contributed by atoms with Crippen LogP contribution >= 0.6 is 0 Å². The standard InChI is InChI=1S/C22H30N2O4S/c1-15(2)13-24(14-16(3)4)21-11-8-18(22(25)26)12-20(21)23-29(27,28)19-9-6-17(5)7-10-19/h6-12,15-16,23H,13-14H2,1-5H3,(H,25,26). The van der Waals surface area contributed by atoms with Crippen LogP contribution in [0.25, 0.3) is 0 Å². The van der Waals surface area contributed by atoms with Crippen molar-refractivity contribution in [2.24, 2.45) is 11.8 Å². The summed E-state index contributed by atoms with van der Waals surface area (Å²) < 4.78 is 28.5. The highest BCUT2D eigenvalue weighted by molar-refractivity contribution is 7.92. The molecule has 2 aromatic rings. The summed E-state index contributed by atoms with van der Waals surface area (Å²) >= 11 is 0. The van der Waals surface area contributed by atoms with Gasteiger partial charge in [-0.3, -0.25) is 4.72 Å². The Morgan fingerprint density at radius 1 is 1.00 bits per heavy atom. The van der Waals surface area contributed by atoms with Crippen LogP contribution in [0.1, 0.15) is 43.6 Å². The Hall–Kier alpha value is -2.54. The summed E-state index contributed by atoms with van der Waals surface area (Å²) in [6, 6.07) is 11.1. The second kappa shape index (κ2) is 9.31. The van der Waals surface area contributed by atoms with Crippen molar-refractivity contribution >= 4 is 27.4 Å². The molecule has 6 nitrogen and oxygen atoms in total. The molecule has 0 radical (unpaired) electrons. The van der Waals surface area contributed by atoms with E-state index in [0.29, 0.717) is 17.5 Å². The summed E-state index contributed by atoms with van der Waals surface area (Å²) in [4.78, 5) is 13.7. The van der Waals surface area contributed by atoms with Crippen LogP contribution in [0.2, 0.25) is 0 Å². The van der Waals surface area contributed by atoms with Gasteiger partial charge < -0.3 is 10.0 Å². The van der Waals surface area contributed by atoms with Crippen molar-refractivity contribution in [2.45, 2.75) is 39.5 Å². The molecule has 0 aromatic heterocycles. The molecular formula is C22H30N2O4S. The van der Waals surface area contributed by atoms with Crippen molar-refractivity contribution in [3.8, 4) is 0 Å². The molecule has 0 aliphatic carbocycles. The van der Waals surface area contributed by atoms with Crippen molar-refractivity contribution in [1.29, 1.82) is 0 Å². The molecule has 0 aliphatic rings. The minimum absolute atomic E-state index is 0.0319. The number of nitrogens with zero attached hydrogens (tertiary/aromatic N) is 1. The predicted octanol–water partition coefficient (Wildman–Crippen LogP) is 4.61. The van der Waals surface area contributed by atoms with Crippen LogP contribution in [0, 0.1) is 18.8 Å². The third-order valence-electron chi connectivity index (χ3n) is 4.33. The lowest BCUT2D eigenvalue weighted by molar-refractivity contribution is 0.0697. The van der Waals surface area contributed by atoms with Gasteiger partial charge in [0.25, 0.3) is 10.0 Å². The molecule has 0 amide bonds. The van der Waals surface area contributed by atoms with E-state index in [-0.39, 0.29) is 16.1 Å². The molecule has 0 bridgehead atoms. The lowest BCUT2D eigenvalue weighted by Gasteiger charge is -2.30. The van der Waals surface area contributed by atoms with E-state index in [1.54, 1.807) is 30.3 Å². The smallest absolute Gasteiger partial charge is 0.335 e. The lowest BCUT2D eigenvalue weighted by atomic mass is 10.1. The maximum Gasteiger partial charge on any atom is 0.335 e. The van der Waals surface area contributed by atoms with E-state index in [9.17, 15) is 18.3 Å². The number of anilines is 2. The molecular weight excluding hydrogens is 388 g/mol. The summed E-state index contributed by atoms with van der Waals surface area (Å²) in [5, 5.41) is 9.38. The average Bonchev–Trinajstić information content (AvgIpc) is 2.60. The maximum atomic E-state index is 12.9. The maximum absolute atomic E-state index is 12.9. The van der Waals surface area contributed by atoms with E-state index in [0.717, 1.165) is 18.7 Å². The van der Waals surface area contributed by atoms with Crippen LogP contribution in [-0.2, 0) is 10.0 Å². The van der Waals surface area contributed by atoms with Gasteiger partial charge in [0.05, 0.1) is 21.8 Å². The Morgan fingerprint density at radius 3 is 2.03 bits per heavy atom. The lowest BCUT2D eigenvalue weighted by Crippen LogP contribution is -2.32. The van der Waals surface area contributed by atoms with Crippen LogP contribution in [0.5, 0.6) is 0 Å². The van der Waals surface area contributed by atoms with Crippen LogP contribution in [0.3, 0.4) is 0 Å². The van der Waals surface area contributed by atoms with Gasteiger partial charge >= 0.3 is 5.97 Å². The predicted molar refractivity (Wildman–Crippen MR) is 117 cm³/mol. The van der Waals surface area contributed by atoms with Gasteiger partial charge in [0.15, 0.2) is 0 Å². The number of aromatic carboxylic acids is 1. The highest BCUT2D eigenvalue weighted by Gasteiger charge is 2.21. The number of rotatable bonds is 9. The zero-order chi connectivity index (χ0) is 21.8. The Balaban J connectivity index is 2.53. The van der Waals surface area contributed by atoms with Gasteiger partial charge in [-0.1, -0.05) is 45.4 Å². The molecule has 2 aromatic carbocycles. The van der Waals surface area contributed by atoms with E-state index in [1.165, 1.54) is 12.1 Å². The van der Waals surface area contributed by atoms with Crippen molar-refractivity contribution in [2.75, 3.05) is 22.7 Å². The number of carbonyl (C=O) groups is 1. The molecule has 2 N–H and O–H groups in total. The third kappa shape index (κ3) is 6.22. The first kappa shape index (κ1) is 22.7. The van der Waals surface area contributed by atoms with E-state index in [4.69, 9.17) is 0 Å². The van der Waals surface area contributed by atoms with E-state index >= 15 is 0 Å². The molecule has 0 saturated carbocycles. The number of hydrogen-bond acceptors (Lipinski definition) is 4. The number of hydrogen-bond donors (Lipinski definition) is 2. The number of carboxylic acids is 1. The van der Waals surface area contributed by atoms with Gasteiger partial charge in [-0.25, -0.2) is 13.2 Å².